The van der Waals surface area contributed by atoms with Crippen LogP contribution in [0.3, 0.4) is 0 Å². The third kappa shape index (κ3) is 3.64. The van der Waals surface area contributed by atoms with E-state index in [-0.39, 0.29) is 6.10 Å². The van der Waals surface area contributed by atoms with Crippen molar-refractivity contribution in [3.8, 4) is 0 Å². The summed E-state index contributed by atoms with van der Waals surface area (Å²) < 4.78 is 17.5. The van der Waals surface area contributed by atoms with Gasteiger partial charge in [0.15, 0.2) is 0 Å². The smallest absolute Gasteiger partial charge is 0.0897 e. The van der Waals surface area contributed by atoms with E-state index < -0.39 is 10.8 Å². The van der Waals surface area contributed by atoms with Crippen molar-refractivity contribution in [2.75, 3.05) is 12.4 Å². The number of nitrogens with zero attached hydrogens (tertiary/aromatic N) is 1. The minimum Gasteiger partial charge on any atom is -0.377 e. The SMILES string of the molecule is Cc1ncc(CS(=O)CC2CCCCO2)s1. The van der Waals surface area contributed by atoms with Crippen LogP contribution in [-0.2, 0) is 21.3 Å². The summed E-state index contributed by atoms with van der Waals surface area (Å²) in [5.74, 6) is 1.31. The molecule has 16 heavy (non-hydrogen) atoms. The standard InChI is InChI=1S/C11H17NO2S2/c1-9-12-6-11(15-9)8-16(13)7-10-4-2-3-5-14-10/h6,10H,2-5,7-8H2,1H3. The van der Waals surface area contributed by atoms with Crippen LogP contribution in [0.25, 0.3) is 0 Å². The normalized spacial score (nSPS) is 23.2. The number of hydrogen-bond donors (Lipinski definition) is 0. The molecule has 1 aliphatic rings. The second kappa shape index (κ2) is 5.89. The molecule has 2 heterocycles. The fourth-order valence-corrected chi connectivity index (χ4v) is 4.24. The van der Waals surface area contributed by atoms with Crippen molar-refractivity contribution in [2.45, 2.75) is 38.0 Å². The molecule has 0 aromatic carbocycles. The molecule has 90 valence electrons. The Morgan fingerprint density at radius 3 is 3.12 bits per heavy atom. The van der Waals surface area contributed by atoms with E-state index in [0.29, 0.717) is 11.5 Å². The maximum Gasteiger partial charge on any atom is 0.0897 e. The number of rotatable bonds is 4. The predicted molar refractivity (Wildman–Crippen MR) is 67.2 cm³/mol. The average Bonchev–Trinajstić information content (AvgIpc) is 2.65. The molecule has 0 radical (unpaired) electrons. The van der Waals surface area contributed by atoms with Gasteiger partial charge >= 0.3 is 0 Å². The van der Waals surface area contributed by atoms with E-state index in [1.807, 2.05) is 13.1 Å². The second-order valence-corrected chi connectivity index (χ2v) is 6.91. The lowest BCUT2D eigenvalue weighted by Gasteiger charge is -2.21. The number of ether oxygens (including phenoxy) is 1. The monoisotopic (exact) mass is 259 g/mol. The molecule has 5 heteroatoms. The third-order valence-corrected chi connectivity index (χ3v) is 5.09. The van der Waals surface area contributed by atoms with Crippen molar-refractivity contribution in [3.63, 3.8) is 0 Å². The maximum absolute atomic E-state index is 11.9. The lowest BCUT2D eigenvalue weighted by molar-refractivity contribution is 0.0310. The summed E-state index contributed by atoms with van der Waals surface area (Å²) in [4.78, 5) is 5.29. The van der Waals surface area contributed by atoms with Crippen LogP contribution in [0, 0.1) is 6.92 Å². The van der Waals surface area contributed by atoms with Crippen LogP contribution in [0.2, 0.25) is 0 Å². The van der Waals surface area contributed by atoms with Crippen molar-refractivity contribution in [1.29, 1.82) is 0 Å². The highest BCUT2D eigenvalue weighted by Crippen LogP contribution is 2.17. The largest absolute Gasteiger partial charge is 0.377 e. The quantitative estimate of drug-likeness (QED) is 0.832. The number of thiazole rings is 1. The molecule has 0 amide bonds. The molecule has 0 bridgehead atoms. The molecular formula is C11H17NO2S2. The van der Waals surface area contributed by atoms with Crippen LogP contribution in [-0.4, -0.2) is 27.7 Å². The zero-order valence-corrected chi connectivity index (χ0v) is 11.1. The molecule has 2 unspecified atom stereocenters. The molecule has 2 atom stereocenters. The minimum absolute atomic E-state index is 0.212. The summed E-state index contributed by atoms with van der Waals surface area (Å²) in [6.45, 7) is 2.81. The van der Waals surface area contributed by atoms with Gasteiger partial charge in [-0.15, -0.1) is 11.3 Å². The summed E-state index contributed by atoms with van der Waals surface area (Å²) in [6.07, 6.45) is 5.47. The van der Waals surface area contributed by atoms with E-state index >= 15 is 0 Å². The Kier molecular flexibility index (Phi) is 4.49. The van der Waals surface area contributed by atoms with Crippen LogP contribution in [0.5, 0.6) is 0 Å². The van der Waals surface area contributed by atoms with Gasteiger partial charge in [-0.05, 0) is 26.2 Å². The van der Waals surface area contributed by atoms with Gasteiger partial charge in [-0.25, -0.2) is 4.98 Å². The Labute approximate surface area is 103 Å². The Morgan fingerprint density at radius 1 is 1.62 bits per heavy atom. The first kappa shape index (κ1) is 12.2. The molecule has 1 aliphatic heterocycles. The molecule has 1 saturated heterocycles. The zero-order chi connectivity index (χ0) is 11.4. The summed E-state index contributed by atoms with van der Waals surface area (Å²) in [5, 5.41) is 1.04. The molecule has 0 N–H and O–H groups in total. The third-order valence-electron chi connectivity index (χ3n) is 2.62. The van der Waals surface area contributed by atoms with Crippen LogP contribution in [0.15, 0.2) is 6.20 Å². The van der Waals surface area contributed by atoms with E-state index in [1.54, 1.807) is 11.3 Å². The highest BCUT2D eigenvalue weighted by molar-refractivity contribution is 7.84. The molecule has 1 fully saturated rings. The Bertz CT molecular complexity index is 359. The van der Waals surface area contributed by atoms with Crippen LogP contribution in [0.4, 0.5) is 0 Å². The molecule has 0 aliphatic carbocycles. The minimum atomic E-state index is -0.810. The van der Waals surface area contributed by atoms with Gasteiger partial charge in [-0.3, -0.25) is 4.21 Å². The molecule has 0 saturated carbocycles. The van der Waals surface area contributed by atoms with Crippen molar-refractivity contribution < 1.29 is 8.95 Å². The lowest BCUT2D eigenvalue weighted by atomic mass is 10.1. The number of hydrogen-bond acceptors (Lipinski definition) is 4. The van der Waals surface area contributed by atoms with Gasteiger partial charge < -0.3 is 4.74 Å². The molecule has 1 aromatic rings. The van der Waals surface area contributed by atoms with Gasteiger partial charge in [0.25, 0.3) is 0 Å². The predicted octanol–water partition coefficient (Wildman–Crippen LogP) is 2.27. The van der Waals surface area contributed by atoms with Gasteiger partial charge in [0.2, 0.25) is 0 Å². The second-order valence-electron chi connectivity index (χ2n) is 4.09. The van der Waals surface area contributed by atoms with Gasteiger partial charge in [0.05, 0.1) is 22.6 Å². The summed E-state index contributed by atoms with van der Waals surface area (Å²) >= 11 is 1.63. The molecule has 1 aromatic heterocycles. The fraction of sp³-hybridized carbons (Fsp3) is 0.727. The van der Waals surface area contributed by atoms with Gasteiger partial charge in [0, 0.05) is 28.5 Å². The van der Waals surface area contributed by atoms with E-state index in [9.17, 15) is 4.21 Å². The molecule has 0 spiro atoms. The highest BCUT2D eigenvalue weighted by atomic mass is 32.2. The maximum atomic E-state index is 11.9. The van der Waals surface area contributed by atoms with E-state index in [4.69, 9.17) is 4.74 Å². The first-order valence-electron chi connectivity index (χ1n) is 5.62. The van der Waals surface area contributed by atoms with Gasteiger partial charge in [-0.1, -0.05) is 0 Å². The van der Waals surface area contributed by atoms with Crippen LogP contribution in [0.1, 0.15) is 29.1 Å². The van der Waals surface area contributed by atoms with E-state index in [1.165, 1.54) is 6.42 Å². The first-order chi connectivity index (χ1) is 7.74. The molecule has 3 nitrogen and oxygen atoms in total. The molecular weight excluding hydrogens is 242 g/mol. The number of aryl methyl sites for hydroxylation is 1. The van der Waals surface area contributed by atoms with E-state index in [2.05, 4.69) is 4.98 Å². The Hall–Kier alpha value is -0.260. The number of aromatic nitrogens is 1. The summed E-state index contributed by atoms with van der Waals surface area (Å²) in [6, 6.07) is 0. The summed E-state index contributed by atoms with van der Waals surface area (Å²) in [5.41, 5.74) is 0. The zero-order valence-electron chi connectivity index (χ0n) is 9.48. The van der Waals surface area contributed by atoms with Crippen molar-refractivity contribution in [2.24, 2.45) is 0 Å². The van der Waals surface area contributed by atoms with Crippen molar-refractivity contribution in [1.82, 2.24) is 4.98 Å². The van der Waals surface area contributed by atoms with Crippen LogP contribution >= 0.6 is 11.3 Å². The van der Waals surface area contributed by atoms with Crippen molar-refractivity contribution in [3.05, 3.63) is 16.1 Å². The topological polar surface area (TPSA) is 39.2 Å². The molecule has 2 rings (SSSR count). The lowest BCUT2D eigenvalue weighted by Crippen LogP contribution is -2.25. The summed E-state index contributed by atoms with van der Waals surface area (Å²) in [7, 11) is -0.810. The van der Waals surface area contributed by atoms with Gasteiger partial charge in [-0.2, -0.15) is 0 Å². The Morgan fingerprint density at radius 2 is 2.50 bits per heavy atom. The van der Waals surface area contributed by atoms with E-state index in [0.717, 1.165) is 29.3 Å². The van der Waals surface area contributed by atoms with Crippen molar-refractivity contribution >= 4 is 22.1 Å². The fourth-order valence-electron chi connectivity index (χ4n) is 1.84. The van der Waals surface area contributed by atoms with Gasteiger partial charge in [0.1, 0.15) is 0 Å². The average molecular weight is 259 g/mol. The van der Waals surface area contributed by atoms with Crippen LogP contribution < -0.4 is 0 Å². The highest BCUT2D eigenvalue weighted by Gasteiger charge is 2.17. The first-order valence-corrected chi connectivity index (χ1v) is 7.92. The Balaban J connectivity index is 1.79.